The molecule has 0 unspecified atom stereocenters. The Balaban J connectivity index is 2.29. The monoisotopic (exact) mass is 274 g/mol. The number of aromatic hydroxyl groups is 1. The van der Waals surface area contributed by atoms with Crippen molar-refractivity contribution in [1.82, 2.24) is 4.98 Å². The quantitative estimate of drug-likeness (QED) is 0.892. The van der Waals surface area contributed by atoms with Gasteiger partial charge >= 0.3 is 0 Å². The second kappa shape index (κ2) is 5.92. The van der Waals surface area contributed by atoms with Crippen LogP contribution in [0.3, 0.4) is 0 Å². The maximum atomic E-state index is 12.1. The van der Waals surface area contributed by atoms with Crippen molar-refractivity contribution >= 4 is 11.6 Å². The van der Waals surface area contributed by atoms with Crippen LogP contribution in [-0.2, 0) is 0 Å². The zero-order valence-electron chi connectivity index (χ0n) is 11.1. The third kappa shape index (κ3) is 2.80. The standard InChI is InChI=1S/C14H14N2O4/c1-19-9-3-4-13(20-2)11(7-9)16-14(18)10-5-6-15-8-12(10)17/h3-8,17H,1-2H3,(H,16,18). The Morgan fingerprint density at radius 1 is 1.25 bits per heavy atom. The van der Waals surface area contributed by atoms with Gasteiger partial charge in [-0.25, -0.2) is 0 Å². The molecule has 0 aliphatic carbocycles. The molecule has 0 aliphatic rings. The molecule has 0 aliphatic heterocycles. The smallest absolute Gasteiger partial charge is 0.259 e. The summed E-state index contributed by atoms with van der Waals surface area (Å²) in [6.07, 6.45) is 2.63. The summed E-state index contributed by atoms with van der Waals surface area (Å²) in [5.74, 6) is 0.427. The lowest BCUT2D eigenvalue weighted by molar-refractivity contribution is 0.102. The molecule has 104 valence electrons. The van der Waals surface area contributed by atoms with E-state index in [-0.39, 0.29) is 11.3 Å². The number of rotatable bonds is 4. The van der Waals surface area contributed by atoms with Crippen LogP contribution in [0.1, 0.15) is 10.4 Å². The van der Waals surface area contributed by atoms with Gasteiger partial charge < -0.3 is 19.9 Å². The molecule has 6 heteroatoms. The third-order valence-corrected chi connectivity index (χ3v) is 2.70. The topological polar surface area (TPSA) is 80.7 Å². The maximum Gasteiger partial charge on any atom is 0.259 e. The van der Waals surface area contributed by atoms with Crippen molar-refractivity contribution in [3.8, 4) is 17.2 Å². The van der Waals surface area contributed by atoms with Gasteiger partial charge in [-0.15, -0.1) is 0 Å². The second-order valence-corrected chi connectivity index (χ2v) is 3.91. The number of ether oxygens (including phenoxy) is 2. The molecule has 2 aromatic rings. The Hall–Kier alpha value is -2.76. The highest BCUT2D eigenvalue weighted by molar-refractivity contribution is 6.06. The highest BCUT2D eigenvalue weighted by atomic mass is 16.5. The van der Waals surface area contributed by atoms with Crippen LogP contribution >= 0.6 is 0 Å². The van der Waals surface area contributed by atoms with Gasteiger partial charge in [0.2, 0.25) is 0 Å². The van der Waals surface area contributed by atoms with E-state index in [9.17, 15) is 9.90 Å². The van der Waals surface area contributed by atoms with Gasteiger partial charge in [-0.05, 0) is 18.2 Å². The van der Waals surface area contributed by atoms with E-state index < -0.39 is 5.91 Å². The van der Waals surface area contributed by atoms with E-state index in [0.717, 1.165) is 0 Å². The lowest BCUT2D eigenvalue weighted by Gasteiger charge is -2.12. The minimum Gasteiger partial charge on any atom is -0.505 e. The number of methoxy groups -OCH3 is 2. The number of carbonyl (C=O) groups is 1. The average molecular weight is 274 g/mol. The van der Waals surface area contributed by atoms with Crippen molar-refractivity contribution in [3.63, 3.8) is 0 Å². The van der Waals surface area contributed by atoms with Crippen molar-refractivity contribution in [2.45, 2.75) is 0 Å². The van der Waals surface area contributed by atoms with Crippen LogP contribution in [0.4, 0.5) is 5.69 Å². The van der Waals surface area contributed by atoms with Crippen LogP contribution in [0.15, 0.2) is 36.7 Å². The number of nitrogens with one attached hydrogen (secondary N) is 1. The van der Waals surface area contributed by atoms with E-state index in [1.165, 1.54) is 32.7 Å². The minimum absolute atomic E-state index is 0.130. The lowest BCUT2D eigenvalue weighted by Crippen LogP contribution is -2.13. The van der Waals surface area contributed by atoms with Gasteiger partial charge in [0.05, 0.1) is 31.7 Å². The first kappa shape index (κ1) is 13.7. The molecule has 1 heterocycles. The van der Waals surface area contributed by atoms with Gasteiger partial charge in [0.15, 0.2) is 0 Å². The van der Waals surface area contributed by atoms with Crippen LogP contribution in [0, 0.1) is 0 Å². The summed E-state index contributed by atoms with van der Waals surface area (Å²) in [7, 11) is 3.03. The Morgan fingerprint density at radius 2 is 2.05 bits per heavy atom. The molecule has 0 fully saturated rings. The molecule has 0 spiro atoms. The van der Waals surface area contributed by atoms with Crippen LogP contribution in [0.2, 0.25) is 0 Å². The third-order valence-electron chi connectivity index (χ3n) is 2.70. The Bertz CT molecular complexity index is 628. The summed E-state index contributed by atoms with van der Waals surface area (Å²) >= 11 is 0. The van der Waals surface area contributed by atoms with Crippen molar-refractivity contribution in [1.29, 1.82) is 0 Å². The summed E-state index contributed by atoms with van der Waals surface area (Å²) in [6, 6.07) is 6.46. The number of pyridine rings is 1. The van der Waals surface area contributed by atoms with Gasteiger partial charge in [-0.2, -0.15) is 0 Å². The molecule has 0 bridgehead atoms. The van der Waals surface area contributed by atoms with Gasteiger partial charge in [0.1, 0.15) is 17.2 Å². The Labute approximate surface area is 116 Å². The van der Waals surface area contributed by atoms with Crippen LogP contribution < -0.4 is 14.8 Å². The van der Waals surface area contributed by atoms with Gasteiger partial charge in [-0.1, -0.05) is 0 Å². The summed E-state index contributed by atoms with van der Waals surface area (Å²) < 4.78 is 10.3. The predicted molar refractivity (Wildman–Crippen MR) is 73.4 cm³/mol. The first-order valence-corrected chi connectivity index (χ1v) is 5.82. The highest BCUT2D eigenvalue weighted by Gasteiger charge is 2.14. The summed E-state index contributed by atoms with van der Waals surface area (Å²) in [5, 5.41) is 12.3. The number of carbonyl (C=O) groups excluding carboxylic acids is 1. The normalized spacial score (nSPS) is 9.90. The Kier molecular flexibility index (Phi) is 4.05. The van der Waals surface area contributed by atoms with Crippen LogP contribution in [0.5, 0.6) is 17.2 Å². The number of anilines is 1. The van der Waals surface area contributed by atoms with E-state index in [1.807, 2.05) is 0 Å². The maximum absolute atomic E-state index is 12.1. The van der Waals surface area contributed by atoms with E-state index in [2.05, 4.69) is 10.3 Å². The number of benzene rings is 1. The number of aromatic nitrogens is 1. The number of nitrogens with zero attached hydrogens (tertiary/aromatic N) is 1. The fourth-order valence-corrected chi connectivity index (χ4v) is 1.68. The van der Waals surface area contributed by atoms with Crippen LogP contribution in [0.25, 0.3) is 0 Å². The Morgan fingerprint density at radius 3 is 2.70 bits per heavy atom. The van der Waals surface area contributed by atoms with Crippen molar-refractivity contribution < 1.29 is 19.4 Å². The zero-order valence-corrected chi connectivity index (χ0v) is 11.1. The molecule has 0 saturated heterocycles. The fraction of sp³-hybridized carbons (Fsp3) is 0.143. The predicted octanol–water partition coefficient (Wildman–Crippen LogP) is 2.06. The first-order chi connectivity index (χ1) is 9.65. The number of amides is 1. The molecule has 0 saturated carbocycles. The molecular weight excluding hydrogens is 260 g/mol. The SMILES string of the molecule is COc1ccc(OC)c(NC(=O)c2ccncc2O)c1. The molecular formula is C14H14N2O4. The molecule has 1 amide bonds. The molecule has 2 N–H and O–H groups in total. The van der Waals surface area contributed by atoms with Crippen molar-refractivity contribution in [2.24, 2.45) is 0 Å². The molecule has 1 aromatic heterocycles. The summed E-state index contributed by atoms with van der Waals surface area (Å²) in [5.41, 5.74) is 0.581. The van der Waals surface area contributed by atoms with E-state index in [4.69, 9.17) is 9.47 Å². The van der Waals surface area contributed by atoms with Crippen molar-refractivity contribution in [3.05, 3.63) is 42.2 Å². The average Bonchev–Trinajstić information content (AvgIpc) is 2.47. The van der Waals surface area contributed by atoms with Crippen LogP contribution in [-0.4, -0.2) is 30.2 Å². The van der Waals surface area contributed by atoms with Gasteiger partial charge in [0, 0.05) is 12.3 Å². The molecule has 0 radical (unpaired) electrons. The van der Waals surface area contributed by atoms with Gasteiger partial charge in [0.25, 0.3) is 5.91 Å². The van der Waals surface area contributed by atoms with E-state index in [0.29, 0.717) is 17.2 Å². The second-order valence-electron chi connectivity index (χ2n) is 3.91. The summed E-state index contributed by atoms with van der Waals surface area (Å²) in [4.78, 5) is 15.8. The fourth-order valence-electron chi connectivity index (χ4n) is 1.68. The zero-order chi connectivity index (χ0) is 14.5. The molecule has 1 aromatic carbocycles. The largest absolute Gasteiger partial charge is 0.505 e. The number of hydrogen-bond acceptors (Lipinski definition) is 5. The molecule has 2 rings (SSSR count). The van der Waals surface area contributed by atoms with E-state index in [1.54, 1.807) is 18.2 Å². The highest BCUT2D eigenvalue weighted by Crippen LogP contribution is 2.29. The molecule has 20 heavy (non-hydrogen) atoms. The first-order valence-electron chi connectivity index (χ1n) is 5.82. The molecule has 6 nitrogen and oxygen atoms in total. The van der Waals surface area contributed by atoms with Crippen molar-refractivity contribution in [2.75, 3.05) is 19.5 Å². The lowest BCUT2D eigenvalue weighted by atomic mass is 10.2. The van der Waals surface area contributed by atoms with Gasteiger partial charge in [-0.3, -0.25) is 9.78 Å². The van der Waals surface area contributed by atoms with E-state index >= 15 is 0 Å². The number of hydrogen-bond donors (Lipinski definition) is 2. The summed E-state index contributed by atoms with van der Waals surface area (Å²) in [6.45, 7) is 0. The minimum atomic E-state index is -0.462. The molecule has 0 atom stereocenters.